The second kappa shape index (κ2) is 6.33. The van der Waals surface area contributed by atoms with Gasteiger partial charge in [-0.2, -0.15) is 0 Å². The number of nitrogens with one attached hydrogen (secondary N) is 1. The van der Waals surface area contributed by atoms with Crippen LogP contribution in [-0.2, 0) is 0 Å². The molecule has 96 valence electrons. The fraction of sp³-hybridized carbons (Fsp3) is 0.286. The van der Waals surface area contributed by atoms with Crippen molar-refractivity contribution in [3.63, 3.8) is 0 Å². The number of aryl methyl sites for hydroxylation is 1. The maximum absolute atomic E-state index is 3.68. The van der Waals surface area contributed by atoms with Crippen LogP contribution in [0.15, 0.2) is 38.6 Å². The third-order valence-corrected chi connectivity index (χ3v) is 5.30. The first-order valence-electron chi connectivity index (χ1n) is 5.85. The van der Waals surface area contributed by atoms with Gasteiger partial charge in [0, 0.05) is 13.8 Å². The normalized spacial score (nSPS) is 12.7. The van der Waals surface area contributed by atoms with Gasteiger partial charge in [-0.3, -0.25) is 0 Å². The summed E-state index contributed by atoms with van der Waals surface area (Å²) in [5.41, 5.74) is 2.52. The van der Waals surface area contributed by atoms with Crippen LogP contribution in [0.5, 0.6) is 0 Å². The van der Waals surface area contributed by atoms with Crippen LogP contribution in [0.2, 0.25) is 0 Å². The smallest absolute Gasteiger partial charge is 0.0682 e. The quantitative estimate of drug-likeness (QED) is 0.751. The van der Waals surface area contributed by atoms with Gasteiger partial charge in [-0.1, -0.05) is 44.8 Å². The minimum Gasteiger partial charge on any atom is -0.306 e. The molecule has 2 rings (SSSR count). The minimum atomic E-state index is 0.251. The Morgan fingerprint density at radius 1 is 1.28 bits per heavy atom. The highest BCUT2D eigenvalue weighted by Gasteiger charge is 2.17. The third kappa shape index (κ3) is 3.05. The molecule has 0 aliphatic rings. The average molecular weight is 389 g/mol. The zero-order chi connectivity index (χ0) is 13.1. The monoisotopic (exact) mass is 387 g/mol. The lowest BCUT2D eigenvalue weighted by atomic mass is 10.0. The summed E-state index contributed by atoms with van der Waals surface area (Å²) in [5.74, 6) is 0. The van der Waals surface area contributed by atoms with E-state index in [1.54, 1.807) is 11.3 Å². The lowest BCUT2D eigenvalue weighted by molar-refractivity contribution is 0.637. The Hall–Kier alpha value is -0.160. The molecule has 1 N–H and O–H groups in total. The molecule has 0 saturated heterocycles. The highest BCUT2D eigenvalue weighted by atomic mass is 79.9. The highest BCUT2D eigenvalue weighted by Crippen LogP contribution is 2.34. The highest BCUT2D eigenvalue weighted by molar-refractivity contribution is 9.11. The molecule has 0 spiro atoms. The second-order valence-electron chi connectivity index (χ2n) is 4.13. The number of thiophene rings is 1. The summed E-state index contributed by atoms with van der Waals surface area (Å²) in [7, 11) is 0. The van der Waals surface area contributed by atoms with Crippen molar-refractivity contribution in [2.24, 2.45) is 0 Å². The molecule has 1 unspecified atom stereocenters. The summed E-state index contributed by atoms with van der Waals surface area (Å²) in [4.78, 5) is 1.34. The van der Waals surface area contributed by atoms with Crippen molar-refractivity contribution in [1.82, 2.24) is 5.32 Å². The van der Waals surface area contributed by atoms with Crippen LogP contribution in [0.4, 0.5) is 0 Å². The van der Waals surface area contributed by atoms with Crippen LogP contribution in [0, 0.1) is 6.92 Å². The van der Waals surface area contributed by atoms with Crippen LogP contribution >= 0.6 is 43.2 Å². The molecular formula is C14H15Br2NS. The first-order valence-corrected chi connectivity index (χ1v) is 8.32. The fourth-order valence-electron chi connectivity index (χ4n) is 1.91. The number of hydrogen-bond acceptors (Lipinski definition) is 2. The van der Waals surface area contributed by atoms with Crippen molar-refractivity contribution in [2.75, 3.05) is 6.54 Å². The van der Waals surface area contributed by atoms with E-state index < -0.39 is 0 Å². The largest absolute Gasteiger partial charge is 0.306 e. The van der Waals surface area contributed by atoms with Crippen molar-refractivity contribution in [1.29, 1.82) is 0 Å². The summed E-state index contributed by atoms with van der Waals surface area (Å²) < 4.78 is 2.31. The van der Waals surface area contributed by atoms with Crippen LogP contribution in [0.25, 0.3) is 0 Å². The molecule has 0 fully saturated rings. The molecule has 1 nitrogen and oxygen atoms in total. The van der Waals surface area contributed by atoms with E-state index in [0.29, 0.717) is 0 Å². The zero-order valence-electron chi connectivity index (χ0n) is 10.3. The van der Waals surface area contributed by atoms with Gasteiger partial charge in [-0.15, -0.1) is 11.3 Å². The molecule has 1 aromatic heterocycles. The predicted molar refractivity (Wildman–Crippen MR) is 86.4 cm³/mol. The van der Waals surface area contributed by atoms with Gasteiger partial charge in [0.2, 0.25) is 0 Å². The van der Waals surface area contributed by atoms with Crippen molar-refractivity contribution in [2.45, 2.75) is 19.9 Å². The van der Waals surface area contributed by atoms with Crippen LogP contribution in [0.1, 0.15) is 29.0 Å². The fourth-order valence-corrected chi connectivity index (χ4v) is 3.77. The van der Waals surface area contributed by atoms with Gasteiger partial charge in [0.1, 0.15) is 0 Å². The molecule has 18 heavy (non-hydrogen) atoms. The summed E-state index contributed by atoms with van der Waals surface area (Å²) in [6.45, 7) is 5.18. The predicted octanol–water partition coefficient (Wildman–Crippen LogP) is 5.28. The first-order chi connectivity index (χ1) is 8.63. The topological polar surface area (TPSA) is 12.0 Å². The van der Waals surface area contributed by atoms with Crippen molar-refractivity contribution in [3.8, 4) is 0 Å². The van der Waals surface area contributed by atoms with Gasteiger partial charge in [0.15, 0.2) is 0 Å². The summed E-state index contributed by atoms with van der Waals surface area (Å²) >= 11 is 9.08. The molecule has 2 aromatic rings. The molecule has 0 radical (unpaired) electrons. The lowest BCUT2D eigenvalue weighted by Gasteiger charge is -2.19. The van der Waals surface area contributed by atoms with Gasteiger partial charge in [-0.25, -0.2) is 0 Å². The SMILES string of the molecule is CCNC(c1cccs1)c1cc(Br)c(C)cc1Br. The molecule has 0 amide bonds. The Morgan fingerprint density at radius 2 is 2.06 bits per heavy atom. The third-order valence-electron chi connectivity index (χ3n) is 2.82. The summed E-state index contributed by atoms with van der Waals surface area (Å²) in [5, 5.41) is 5.67. The number of hydrogen-bond donors (Lipinski definition) is 1. The van der Waals surface area contributed by atoms with E-state index in [-0.39, 0.29) is 6.04 Å². The molecular weight excluding hydrogens is 374 g/mol. The van der Waals surface area contributed by atoms with E-state index in [2.05, 4.69) is 80.7 Å². The van der Waals surface area contributed by atoms with E-state index in [1.165, 1.54) is 16.0 Å². The van der Waals surface area contributed by atoms with Gasteiger partial charge in [0.05, 0.1) is 6.04 Å². The van der Waals surface area contributed by atoms with E-state index in [4.69, 9.17) is 0 Å². The lowest BCUT2D eigenvalue weighted by Crippen LogP contribution is -2.21. The van der Waals surface area contributed by atoms with Crippen molar-refractivity contribution >= 4 is 43.2 Å². The standard InChI is InChI=1S/C14H15Br2NS/c1-3-17-14(13-5-4-6-18-13)10-8-11(15)9(2)7-12(10)16/h4-8,14,17H,3H2,1-2H3. The van der Waals surface area contributed by atoms with Gasteiger partial charge in [-0.05, 0) is 48.2 Å². The van der Waals surface area contributed by atoms with E-state index >= 15 is 0 Å². The van der Waals surface area contributed by atoms with E-state index in [1.807, 2.05) is 0 Å². The molecule has 1 aromatic carbocycles. The van der Waals surface area contributed by atoms with Crippen molar-refractivity contribution in [3.05, 3.63) is 54.6 Å². The van der Waals surface area contributed by atoms with Crippen LogP contribution in [0.3, 0.4) is 0 Å². The van der Waals surface area contributed by atoms with Gasteiger partial charge < -0.3 is 5.32 Å². The molecule has 0 bridgehead atoms. The Kier molecular flexibility index (Phi) is 5.01. The summed E-state index contributed by atoms with van der Waals surface area (Å²) in [6, 6.07) is 8.89. The van der Waals surface area contributed by atoms with Crippen LogP contribution < -0.4 is 5.32 Å². The molecule has 4 heteroatoms. The molecule has 0 aliphatic carbocycles. The first kappa shape index (κ1) is 14.3. The Bertz CT molecular complexity index is 523. The van der Waals surface area contributed by atoms with Gasteiger partial charge >= 0.3 is 0 Å². The van der Waals surface area contributed by atoms with E-state index in [9.17, 15) is 0 Å². The number of halogens is 2. The molecule has 1 heterocycles. The second-order valence-corrected chi connectivity index (χ2v) is 6.82. The maximum Gasteiger partial charge on any atom is 0.0682 e. The molecule has 0 saturated carbocycles. The maximum atomic E-state index is 3.68. The average Bonchev–Trinajstić information content (AvgIpc) is 2.85. The Labute approximate surface area is 129 Å². The number of rotatable bonds is 4. The molecule has 1 atom stereocenters. The zero-order valence-corrected chi connectivity index (χ0v) is 14.3. The van der Waals surface area contributed by atoms with Gasteiger partial charge in [0.25, 0.3) is 0 Å². The van der Waals surface area contributed by atoms with Crippen LogP contribution in [-0.4, -0.2) is 6.54 Å². The summed E-state index contributed by atoms with van der Waals surface area (Å²) in [6.07, 6.45) is 0. The molecule has 0 aliphatic heterocycles. The minimum absolute atomic E-state index is 0.251. The number of benzene rings is 1. The Morgan fingerprint density at radius 3 is 2.67 bits per heavy atom. The van der Waals surface area contributed by atoms with E-state index in [0.717, 1.165) is 15.5 Å². The Balaban J connectivity index is 2.46. The van der Waals surface area contributed by atoms with Crippen molar-refractivity contribution < 1.29 is 0 Å².